The largest absolute Gasteiger partial charge is 0.476 e. The van der Waals surface area contributed by atoms with Gasteiger partial charge in [0.05, 0.1) is 6.61 Å². The maximum atomic E-state index is 9.30. The van der Waals surface area contributed by atoms with Crippen LogP contribution in [-0.4, -0.2) is 42.0 Å². The van der Waals surface area contributed by atoms with Gasteiger partial charge in [-0.2, -0.15) is 9.97 Å². The highest BCUT2D eigenvalue weighted by Gasteiger charge is 2.14. The molecular weight excluding hydrogens is 222 g/mol. The van der Waals surface area contributed by atoms with E-state index < -0.39 is 6.23 Å². The molecular formula is C10H19N5O2. The van der Waals surface area contributed by atoms with Crippen molar-refractivity contribution in [3.8, 4) is 5.88 Å². The number of nitrogens with zero attached hydrogens (tertiary/aromatic N) is 3. The molecule has 0 aliphatic rings. The SMILES string of the molecule is CCOc1nc(N(C)C)nc(NC(C)O)c1N. The zero-order valence-corrected chi connectivity index (χ0v) is 10.6. The molecule has 1 atom stereocenters. The molecule has 0 aliphatic heterocycles. The Morgan fingerprint density at radius 2 is 2.12 bits per heavy atom. The van der Waals surface area contributed by atoms with Crippen LogP contribution >= 0.6 is 0 Å². The maximum Gasteiger partial charge on any atom is 0.244 e. The zero-order valence-electron chi connectivity index (χ0n) is 10.6. The average molecular weight is 241 g/mol. The molecule has 1 aromatic heterocycles. The molecule has 0 spiro atoms. The van der Waals surface area contributed by atoms with Gasteiger partial charge in [-0.3, -0.25) is 0 Å². The molecule has 4 N–H and O–H groups in total. The van der Waals surface area contributed by atoms with Gasteiger partial charge in [0, 0.05) is 14.1 Å². The van der Waals surface area contributed by atoms with E-state index in [4.69, 9.17) is 10.5 Å². The molecule has 0 fully saturated rings. The van der Waals surface area contributed by atoms with Crippen molar-refractivity contribution in [3.05, 3.63) is 0 Å². The lowest BCUT2D eigenvalue weighted by Gasteiger charge is -2.17. The van der Waals surface area contributed by atoms with Gasteiger partial charge in [-0.25, -0.2) is 0 Å². The summed E-state index contributed by atoms with van der Waals surface area (Å²) >= 11 is 0. The van der Waals surface area contributed by atoms with Gasteiger partial charge in [-0.15, -0.1) is 0 Å². The minimum Gasteiger partial charge on any atom is -0.476 e. The van der Waals surface area contributed by atoms with Gasteiger partial charge in [-0.05, 0) is 13.8 Å². The monoisotopic (exact) mass is 241 g/mol. The Bertz CT molecular complexity index is 381. The number of aliphatic hydroxyl groups is 1. The Balaban J connectivity index is 3.17. The number of ether oxygens (including phenoxy) is 1. The van der Waals surface area contributed by atoms with Crippen LogP contribution in [0.2, 0.25) is 0 Å². The predicted octanol–water partition coefficient (Wildman–Crippen LogP) is 0.274. The molecule has 7 heteroatoms. The summed E-state index contributed by atoms with van der Waals surface area (Å²) in [6.07, 6.45) is -0.753. The number of nitrogens with two attached hydrogens (primary N) is 1. The van der Waals surface area contributed by atoms with E-state index in [1.807, 2.05) is 21.0 Å². The maximum absolute atomic E-state index is 9.30. The minimum atomic E-state index is -0.753. The van der Waals surface area contributed by atoms with E-state index >= 15 is 0 Å². The predicted molar refractivity (Wildman–Crippen MR) is 67.2 cm³/mol. The van der Waals surface area contributed by atoms with Crippen molar-refractivity contribution < 1.29 is 9.84 Å². The van der Waals surface area contributed by atoms with E-state index in [-0.39, 0.29) is 0 Å². The zero-order chi connectivity index (χ0) is 13.0. The fourth-order valence-electron chi connectivity index (χ4n) is 1.19. The van der Waals surface area contributed by atoms with E-state index in [1.54, 1.807) is 11.8 Å². The molecule has 0 saturated heterocycles. The van der Waals surface area contributed by atoms with Gasteiger partial charge in [0.15, 0.2) is 5.82 Å². The smallest absolute Gasteiger partial charge is 0.244 e. The summed E-state index contributed by atoms with van der Waals surface area (Å²) in [5.41, 5.74) is 6.13. The van der Waals surface area contributed by atoms with Crippen LogP contribution in [0.1, 0.15) is 13.8 Å². The highest BCUT2D eigenvalue weighted by atomic mass is 16.5. The van der Waals surface area contributed by atoms with Crippen molar-refractivity contribution >= 4 is 17.5 Å². The van der Waals surface area contributed by atoms with Crippen molar-refractivity contribution in [2.75, 3.05) is 36.7 Å². The number of aromatic nitrogens is 2. The Labute approximate surface area is 101 Å². The summed E-state index contributed by atoms with van der Waals surface area (Å²) < 4.78 is 5.33. The Morgan fingerprint density at radius 3 is 2.59 bits per heavy atom. The molecule has 1 aromatic rings. The van der Waals surface area contributed by atoms with Gasteiger partial charge in [0.25, 0.3) is 0 Å². The topological polar surface area (TPSA) is 96.5 Å². The summed E-state index contributed by atoms with van der Waals surface area (Å²) in [5, 5.41) is 12.0. The van der Waals surface area contributed by atoms with E-state index in [0.717, 1.165) is 0 Å². The second kappa shape index (κ2) is 5.53. The third-order valence-electron chi connectivity index (χ3n) is 1.93. The number of aliphatic hydroxyl groups excluding tert-OH is 1. The first kappa shape index (κ1) is 13.3. The highest BCUT2D eigenvalue weighted by Crippen LogP contribution is 2.28. The summed E-state index contributed by atoms with van der Waals surface area (Å²) in [7, 11) is 3.63. The summed E-state index contributed by atoms with van der Waals surface area (Å²) in [4.78, 5) is 10.1. The summed E-state index contributed by atoms with van der Waals surface area (Å²) in [5.74, 6) is 1.14. The number of hydrogen-bond donors (Lipinski definition) is 3. The first-order valence-corrected chi connectivity index (χ1v) is 5.38. The molecule has 1 heterocycles. The molecule has 1 unspecified atom stereocenters. The van der Waals surface area contributed by atoms with Crippen molar-refractivity contribution in [1.29, 1.82) is 0 Å². The van der Waals surface area contributed by atoms with E-state index in [2.05, 4.69) is 15.3 Å². The lowest BCUT2D eigenvalue weighted by molar-refractivity contribution is 0.224. The van der Waals surface area contributed by atoms with Crippen molar-refractivity contribution in [1.82, 2.24) is 9.97 Å². The minimum absolute atomic E-state index is 0.290. The number of hydrogen-bond acceptors (Lipinski definition) is 7. The normalized spacial score (nSPS) is 12.1. The van der Waals surface area contributed by atoms with Crippen LogP contribution < -0.4 is 20.7 Å². The first-order valence-electron chi connectivity index (χ1n) is 5.38. The fourth-order valence-corrected chi connectivity index (χ4v) is 1.19. The molecule has 96 valence electrons. The Hall–Kier alpha value is -1.76. The van der Waals surface area contributed by atoms with Crippen LogP contribution in [-0.2, 0) is 0 Å². The molecule has 1 rings (SSSR count). The molecule has 0 radical (unpaired) electrons. The van der Waals surface area contributed by atoms with Gasteiger partial charge in [0.1, 0.15) is 11.9 Å². The Kier molecular flexibility index (Phi) is 4.33. The first-order chi connectivity index (χ1) is 7.95. The summed E-state index contributed by atoms with van der Waals surface area (Å²) in [6, 6.07) is 0. The van der Waals surface area contributed by atoms with Crippen molar-refractivity contribution in [2.24, 2.45) is 0 Å². The number of nitrogens with one attached hydrogen (secondary N) is 1. The second-order valence-corrected chi connectivity index (χ2v) is 3.74. The van der Waals surface area contributed by atoms with Crippen LogP contribution in [0.15, 0.2) is 0 Å². The average Bonchev–Trinajstić information content (AvgIpc) is 2.23. The molecule has 0 saturated carbocycles. The Morgan fingerprint density at radius 1 is 1.47 bits per heavy atom. The standard InChI is InChI=1S/C10H19N5O2/c1-5-17-9-7(11)8(12-6(2)16)13-10(14-9)15(3)4/h6,16H,5,11H2,1-4H3,(H,12,13,14). The highest BCUT2D eigenvalue weighted by molar-refractivity contribution is 5.69. The lowest BCUT2D eigenvalue weighted by atomic mass is 10.4. The van der Waals surface area contributed by atoms with Crippen LogP contribution in [0.5, 0.6) is 5.88 Å². The summed E-state index contributed by atoms with van der Waals surface area (Å²) in [6.45, 7) is 3.89. The van der Waals surface area contributed by atoms with Gasteiger partial charge in [-0.1, -0.05) is 0 Å². The third-order valence-corrected chi connectivity index (χ3v) is 1.93. The van der Waals surface area contributed by atoms with Crippen LogP contribution in [0, 0.1) is 0 Å². The number of anilines is 3. The van der Waals surface area contributed by atoms with E-state index in [9.17, 15) is 5.11 Å². The van der Waals surface area contributed by atoms with Crippen molar-refractivity contribution in [3.63, 3.8) is 0 Å². The van der Waals surface area contributed by atoms with Crippen LogP contribution in [0.3, 0.4) is 0 Å². The van der Waals surface area contributed by atoms with E-state index in [1.165, 1.54) is 0 Å². The van der Waals surface area contributed by atoms with Crippen LogP contribution in [0.4, 0.5) is 17.5 Å². The number of rotatable bonds is 5. The van der Waals surface area contributed by atoms with Gasteiger partial charge < -0.3 is 25.8 Å². The fraction of sp³-hybridized carbons (Fsp3) is 0.600. The molecule has 17 heavy (non-hydrogen) atoms. The molecule has 0 aliphatic carbocycles. The second-order valence-electron chi connectivity index (χ2n) is 3.74. The molecule has 7 nitrogen and oxygen atoms in total. The number of nitrogen functional groups attached to an aromatic ring is 1. The van der Waals surface area contributed by atoms with Gasteiger partial charge in [0.2, 0.25) is 11.8 Å². The molecule has 0 aromatic carbocycles. The molecule has 0 bridgehead atoms. The third kappa shape index (κ3) is 3.35. The van der Waals surface area contributed by atoms with Gasteiger partial charge >= 0.3 is 0 Å². The van der Waals surface area contributed by atoms with Crippen molar-refractivity contribution in [2.45, 2.75) is 20.1 Å². The van der Waals surface area contributed by atoms with E-state index in [0.29, 0.717) is 29.9 Å². The molecule has 0 amide bonds. The lowest BCUT2D eigenvalue weighted by Crippen LogP contribution is -2.20. The van der Waals surface area contributed by atoms with Crippen LogP contribution in [0.25, 0.3) is 0 Å². The quantitative estimate of drug-likeness (QED) is 0.637.